The molecule has 0 fully saturated rings. The van der Waals surface area contributed by atoms with Crippen LogP contribution in [0, 0.1) is 11.3 Å². The van der Waals surface area contributed by atoms with E-state index in [1.165, 1.54) is 0 Å². The molecule has 4 nitrogen and oxygen atoms in total. The Bertz CT molecular complexity index is 746. The molecule has 0 aliphatic heterocycles. The third kappa shape index (κ3) is 5.29. The summed E-state index contributed by atoms with van der Waals surface area (Å²) in [7, 11) is 0. The number of benzene rings is 2. The fourth-order valence-corrected chi connectivity index (χ4v) is 2.24. The van der Waals surface area contributed by atoms with Crippen LogP contribution in [-0.4, -0.2) is 19.1 Å². The number of carbonyl (C=O) groups excluding carboxylic acids is 1. The second-order valence-corrected chi connectivity index (χ2v) is 5.17. The number of nitrogens with one attached hydrogen (secondary N) is 1. The molecule has 24 heavy (non-hydrogen) atoms. The number of nitrogens with zero attached hydrogens (tertiary/aromatic N) is 1. The molecule has 2 rings (SSSR count). The van der Waals surface area contributed by atoms with E-state index < -0.39 is 0 Å². The molecule has 0 spiro atoms. The summed E-state index contributed by atoms with van der Waals surface area (Å²) >= 11 is 0. The SMILES string of the molecule is CCOc1cccc(/C=C(\C#N)C(=O)NCCc2ccccc2)c1. The van der Waals surface area contributed by atoms with Gasteiger partial charge in [0.2, 0.25) is 0 Å². The van der Waals surface area contributed by atoms with Crippen LogP contribution in [0.1, 0.15) is 18.1 Å². The number of amides is 1. The van der Waals surface area contributed by atoms with Crippen LogP contribution in [0.4, 0.5) is 0 Å². The van der Waals surface area contributed by atoms with Crippen LogP contribution in [0.25, 0.3) is 6.08 Å². The Morgan fingerprint density at radius 3 is 2.71 bits per heavy atom. The highest BCUT2D eigenvalue weighted by Crippen LogP contribution is 2.16. The quantitative estimate of drug-likeness (QED) is 0.628. The van der Waals surface area contributed by atoms with E-state index in [1.807, 2.05) is 61.5 Å². The van der Waals surface area contributed by atoms with E-state index in [9.17, 15) is 10.1 Å². The van der Waals surface area contributed by atoms with Crippen molar-refractivity contribution in [2.45, 2.75) is 13.3 Å². The number of ether oxygens (including phenoxy) is 1. The van der Waals surface area contributed by atoms with Crippen molar-refractivity contribution in [3.05, 3.63) is 71.3 Å². The second-order valence-electron chi connectivity index (χ2n) is 5.17. The number of carbonyl (C=O) groups is 1. The molecule has 0 heterocycles. The predicted molar refractivity (Wildman–Crippen MR) is 94.4 cm³/mol. The first-order valence-corrected chi connectivity index (χ1v) is 7.89. The predicted octanol–water partition coefficient (Wildman–Crippen LogP) is 3.35. The summed E-state index contributed by atoms with van der Waals surface area (Å²) in [6, 6.07) is 19.2. The number of nitriles is 1. The summed E-state index contributed by atoms with van der Waals surface area (Å²) in [4.78, 5) is 12.1. The fraction of sp³-hybridized carbons (Fsp3) is 0.200. The van der Waals surface area contributed by atoms with E-state index in [-0.39, 0.29) is 11.5 Å². The molecule has 0 atom stereocenters. The number of hydrogen-bond acceptors (Lipinski definition) is 3. The van der Waals surface area contributed by atoms with Gasteiger partial charge in [0.05, 0.1) is 6.61 Å². The van der Waals surface area contributed by atoms with Crippen molar-refractivity contribution < 1.29 is 9.53 Å². The highest BCUT2D eigenvalue weighted by atomic mass is 16.5. The van der Waals surface area contributed by atoms with Gasteiger partial charge in [-0.15, -0.1) is 0 Å². The van der Waals surface area contributed by atoms with Crippen molar-refractivity contribution in [3.8, 4) is 11.8 Å². The summed E-state index contributed by atoms with van der Waals surface area (Å²) in [6.07, 6.45) is 2.30. The minimum atomic E-state index is -0.366. The molecule has 1 N–H and O–H groups in total. The van der Waals surface area contributed by atoms with Gasteiger partial charge in [-0.2, -0.15) is 5.26 Å². The van der Waals surface area contributed by atoms with Gasteiger partial charge in [0.1, 0.15) is 17.4 Å². The zero-order valence-corrected chi connectivity index (χ0v) is 13.7. The monoisotopic (exact) mass is 320 g/mol. The third-order valence-electron chi connectivity index (χ3n) is 3.39. The molecular formula is C20H20N2O2. The molecule has 0 radical (unpaired) electrons. The lowest BCUT2D eigenvalue weighted by molar-refractivity contribution is -0.117. The maximum Gasteiger partial charge on any atom is 0.261 e. The van der Waals surface area contributed by atoms with E-state index in [2.05, 4.69) is 5.32 Å². The summed E-state index contributed by atoms with van der Waals surface area (Å²) in [5.41, 5.74) is 1.98. The van der Waals surface area contributed by atoms with Crippen LogP contribution in [0.15, 0.2) is 60.2 Å². The number of hydrogen-bond donors (Lipinski definition) is 1. The highest BCUT2D eigenvalue weighted by Gasteiger charge is 2.08. The standard InChI is InChI=1S/C20H20N2O2/c1-2-24-19-10-6-9-17(14-19)13-18(15-21)20(23)22-12-11-16-7-4-3-5-8-16/h3-10,13-14H,2,11-12H2,1H3,(H,22,23)/b18-13+. The molecule has 2 aromatic carbocycles. The first kappa shape index (κ1) is 17.3. The van der Waals surface area contributed by atoms with Crippen LogP contribution >= 0.6 is 0 Å². The average Bonchev–Trinajstić information content (AvgIpc) is 2.61. The van der Waals surface area contributed by atoms with Crippen molar-refractivity contribution in [1.82, 2.24) is 5.32 Å². The molecule has 0 saturated carbocycles. The zero-order chi connectivity index (χ0) is 17.2. The molecule has 0 unspecified atom stereocenters. The van der Waals surface area contributed by atoms with Crippen molar-refractivity contribution in [1.29, 1.82) is 5.26 Å². The Kier molecular flexibility index (Phi) is 6.60. The maximum absolute atomic E-state index is 12.1. The first-order chi connectivity index (χ1) is 11.7. The van der Waals surface area contributed by atoms with Gasteiger partial charge in [0.15, 0.2) is 0 Å². The normalized spacial score (nSPS) is 10.8. The third-order valence-corrected chi connectivity index (χ3v) is 3.39. The molecule has 2 aromatic rings. The van der Waals surface area contributed by atoms with Crippen LogP contribution in [0.3, 0.4) is 0 Å². The lowest BCUT2D eigenvalue weighted by Crippen LogP contribution is -2.26. The van der Waals surface area contributed by atoms with Gasteiger partial charge in [0.25, 0.3) is 5.91 Å². The van der Waals surface area contributed by atoms with Gasteiger partial charge in [0, 0.05) is 6.54 Å². The van der Waals surface area contributed by atoms with E-state index >= 15 is 0 Å². The minimum Gasteiger partial charge on any atom is -0.494 e. The molecule has 122 valence electrons. The summed E-state index contributed by atoms with van der Waals surface area (Å²) in [5, 5.41) is 12.0. The first-order valence-electron chi connectivity index (χ1n) is 7.89. The van der Waals surface area contributed by atoms with Gasteiger partial charge < -0.3 is 10.1 Å². The summed E-state index contributed by atoms with van der Waals surface area (Å²) in [6.45, 7) is 2.96. The summed E-state index contributed by atoms with van der Waals surface area (Å²) in [5.74, 6) is 0.350. The van der Waals surface area contributed by atoms with Gasteiger partial charge in [-0.25, -0.2) is 0 Å². The highest BCUT2D eigenvalue weighted by molar-refractivity contribution is 6.01. The zero-order valence-electron chi connectivity index (χ0n) is 13.7. The van der Waals surface area contributed by atoms with Crippen molar-refractivity contribution in [3.63, 3.8) is 0 Å². The van der Waals surface area contributed by atoms with Crippen LogP contribution in [0.5, 0.6) is 5.75 Å². The van der Waals surface area contributed by atoms with E-state index in [0.29, 0.717) is 18.9 Å². The molecule has 0 aromatic heterocycles. The van der Waals surface area contributed by atoms with Crippen molar-refractivity contribution >= 4 is 12.0 Å². The molecular weight excluding hydrogens is 300 g/mol. The Hall–Kier alpha value is -3.06. The largest absolute Gasteiger partial charge is 0.494 e. The Labute approximate surface area is 142 Å². The summed E-state index contributed by atoms with van der Waals surface area (Å²) < 4.78 is 5.42. The van der Waals surface area contributed by atoms with Crippen LogP contribution in [0.2, 0.25) is 0 Å². The molecule has 0 aliphatic carbocycles. The van der Waals surface area contributed by atoms with E-state index in [4.69, 9.17) is 4.74 Å². The van der Waals surface area contributed by atoms with E-state index in [0.717, 1.165) is 17.5 Å². The van der Waals surface area contributed by atoms with Gasteiger partial charge >= 0.3 is 0 Å². The van der Waals surface area contributed by atoms with E-state index in [1.54, 1.807) is 12.1 Å². The minimum absolute atomic E-state index is 0.0803. The van der Waals surface area contributed by atoms with Gasteiger partial charge in [-0.05, 0) is 42.7 Å². The Morgan fingerprint density at radius 2 is 2.00 bits per heavy atom. The topological polar surface area (TPSA) is 62.1 Å². The van der Waals surface area contributed by atoms with Crippen LogP contribution in [-0.2, 0) is 11.2 Å². The second kappa shape index (κ2) is 9.16. The van der Waals surface area contributed by atoms with Crippen molar-refractivity contribution in [2.75, 3.05) is 13.2 Å². The molecule has 0 saturated heterocycles. The van der Waals surface area contributed by atoms with Gasteiger partial charge in [-0.3, -0.25) is 4.79 Å². The van der Waals surface area contributed by atoms with Crippen LogP contribution < -0.4 is 10.1 Å². The Morgan fingerprint density at radius 1 is 1.21 bits per heavy atom. The van der Waals surface area contributed by atoms with Gasteiger partial charge in [-0.1, -0.05) is 42.5 Å². The lowest BCUT2D eigenvalue weighted by Gasteiger charge is -2.06. The Balaban J connectivity index is 1.98. The fourth-order valence-electron chi connectivity index (χ4n) is 2.24. The maximum atomic E-state index is 12.1. The molecule has 0 aliphatic rings. The van der Waals surface area contributed by atoms with Crippen molar-refractivity contribution in [2.24, 2.45) is 0 Å². The number of rotatable bonds is 7. The smallest absolute Gasteiger partial charge is 0.261 e. The average molecular weight is 320 g/mol. The molecule has 1 amide bonds. The molecule has 0 bridgehead atoms. The molecule has 4 heteroatoms. The lowest BCUT2D eigenvalue weighted by atomic mass is 10.1.